The highest BCUT2D eigenvalue weighted by Gasteiger charge is 2.25. The van der Waals surface area contributed by atoms with Gasteiger partial charge in [0.25, 0.3) is 0 Å². The average molecular weight is 205 g/mol. The van der Waals surface area contributed by atoms with Crippen LogP contribution in [0, 0.1) is 13.8 Å². The van der Waals surface area contributed by atoms with Crippen LogP contribution in [0.3, 0.4) is 0 Å². The lowest BCUT2D eigenvalue weighted by Gasteiger charge is -1.94. The van der Waals surface area contributed by atoms with Crippen LogP contribution in [0.4, 0.5) is 0 Å². The molecule has 0 unspecified atom stereocenters. The number of nitrogens with zero attached hydrogens (tertiary/aromatic N) is 2. The zero-order valence-corrected chi connectivity index (χ0v) is 8.63. The summed E-state index contributed by atoms with van der Waals surface area (Å²) in [4.78, 5) is 4.22. The topological polar surface area (TPSA) is 64.1 Å². The van der Waals surface area contributed by atoms with Crippen LogP contribution in [0.1, 0.15) is 22.8 Å². The summed E-state index contributed by atoms with van der Waals surface area (Å²) in [5.41, 5.74) is 2.91. The van der Waals surface area contributed by atoms with Crippen molar-refractivity contribution in [2.45, 2.75) is 26.9 Å². The predicted molar refractivity (Wildman–Crippen MR) is 52.0 cm³/mol. The zero-order chi connectivity index (χ0) is 10.4. The van der Waals surface area contributed by atoms with Crippen LogP contribution in [0.2, 0.25) is 0 Å². The lowest BCUT2D eigenvalue weighted by Crippen LogP contribution is -2.01. The van der Waals surface area contributed by atoms with Gasteiger partial charge in [0.15, 0.2) is 11.7 Å². The van der Waals surface area contributed by atoms with Crippen LogP contribution in [-0.4, -0.2) is 10.1 Å². The molecule has 0 aromatic carbocycles. The van der Waals surface area contributed by atoms with Crippen LogP contribution in [0.15, 0.2) is 8.94 Å². The van der Waals surface area contributed by atoms with Crippen molar-refractivity contribution in [3.05, 3.63) is 22.8 Å². The predicted octanol–water partition coefficient (Wildman–Crippen LogP) is 1.55. The first-order chi connectivity index (χ1) is 7.25. The number of hydrogen-bond donors (Lipinski definition) is 1. The van der Waals surface area contributed by atoms with E-state index in [1.165, 1.54) is 0 Å². The van der Waals surface area contributed by atoms with Crippen LogP contribution in [0.25, 0.3) is 11.5 Å². The number of hydrogen-bond acceptors (Lipinski definition) is 5. The second kappa shape index (κ2) is 2.93. The fourth-order valence-electron chi connectivity index (χ4n) is 1.89. The molecular formula is C10H11N3O2. The fraction of sp³-hybridized carbons (Fsp3) is 0.400. The largest absolute Gasteiger partial charge is 0.437 e. The Morgan fingerprint density at radius 2 is 2.07 bits per heavy atom. The minimum absolute atomic E-state index is 0.651. The van der Waals surface area contributed by atoms with E-state index < -0.39 is 0 Å². The monoisotopic (exact) mass is 205 g/mol. The van der Waals surface area contributed by atoms with Gasteiger partial charge in [-0.1, -0.05) is 5.16 Å². The molecule has 0 bridgehead atoms. The van der Waals surface area contributed by atoms with E-state index in [1.807, 2.05) is 13.8 Å². The van der Waals surface area contributed by atoms with E-state index in [1.54, 1.807) is 0 Å². The van der Waals surface area contributed by atoms with Gasteiger partial charge >= 0.3 is 0 Å². The summed E-state index contributed by atoms with van der Waals surface area (Å²) in [7, 11) is 0. The summed E-state index contributed by atoms with van der Waals surface area (Å²) in [6.45, 7) is 5.28. The Morgan fingerprint density at radius 1 is 1.20 bits per heavy atom. The maximum absolute atomic E-state index is 5.51. The molecule has 5 nitrogen and oxygen atoms in total. The van der Waals surface area contributed by atoms with Gasteiger partial charge in [0.2, 0.25) is 5.76 Å². The molecule has 78 valence electrons. The molecule has 5 heteroatoms. The standard InChI is InChI=1S/C10H11N3O2/c1-5-9(14-6(2)12-5)10-7-3-11-4-8(7)13-15-10/h11H,3-4H2,1-2H3. The van der Waals surface area contributed by atoms with Crippen molar-refractivity contribution in [3.63, 3.8) is 0 Å². The molecule has 0 aliphatic carbocycles. The number of rotatable bonds is 1. The molecule has 1 N–H and O–H groups in total. The fourth-order valence-corrected chi connectivity index (χ4v) is 1.89. The Balaban J connectivity index is 2.16. The summed E-state index contributed by atoms with van der Waals surface area (Å²) in [6.07, 6.45) is 0. The maximum Gasteiger partial charge on any atom is 0.208 e. The third-order valence-corrected chi connectivity index (χ3v) is 2.57. The highest BCUT2D eigenvalue weighted by Crippen LogP contribution is 2.31. The number of fused-ring (bicyclic) bond motifs is 1. The first kappa shape index (κ1) is 8.67. The van der Waals surface area contributed by atoms with Crippen molar-refractivity contribution in [3.8, 4) is 11.5 Å². The van der Waals surface area contributed by atoms with Gasteiger partial charge in [-0.25, -0.2) is 4.98 Å². The van der Waals surface area contributed by atoms with Gasteiger partial charge in [-0.15, -0.1) is 0 Å². The molecule has 0 spiro atoms. The molecule has 0 atom stereocenters. The van der Waals surface area contributed by atoms with Gasteiger partial charge in [-0.05, 0) is 6.92 Å². The Hall–Kier alpha value is -1.62. The number of nitrogens with one attached hydrogen (secondary N) is 1. The van der Waals surface area contributed by atoms with E-state index >= 15 is 0 Å². The summed E-state index contributed by atoms with van der Waals surface area (Å²) in [5.74, 6) is 2.07. The second-order valence-corrected chi connectivity index (χ2v) is 3.69. The second-order valence-electron chi connectivity index (χ2n) is 3.69. The van der Waals surface area contributed by atoms with Crippen LogP contribution in [0.5, 0.6) is 0 Å². The summed E-state index contributed by atoms with van der Waals surface area (Å²) in [6, 6.07) is 0. The number of oxazole rings is 1. The van der Waals surface area contributed by atoms with E-state index in [2.05, 4.69) is 15.5 Å². The molecule has 3 heterocycles. The highest BCUT2D eigenvalue weighted by atomic mass is 16.5. The molecule has 3 rings (SSSR count). The summed E-state index contributed by atoms with van der Waals surface area (Å²) in [5, 5.41) is 7.22. The molecule has 0 amide bonds. The molecular weight excluding hydrogens is 194 g/mol. The number of aromatic nitrogens is 2. The van der Waals surface area contributed by atoms with Gasteiger partial charge in [0.1, 0.15) is 5.69 Å². The molecule has 15 heavy (non-hydrogen) atoms. The van der Waals surface area contributed by atoms with Crippen LogP contribution >= 0.6 is 0 Å². The summed E-state index contributed by atoms with van der Waals surface area (Å²) >= 11 is 0. The average Bonchev–Trinajstić information content (AvgIpc) is 2.80. The van der Waals surface area contributed by atoms with Gasteiger partial charge in [-0.3, -0.25) is 0 Å². The Bertz CT molecular complexity index is 513. The van der Waals surface area contributed by atoms with Crippen molar-refractivity contribution in [2.24, 2.45) is 0 Å². The van der Waals surface area contributed by atoms with Crippen molar-refractivity contribution in [1.29, 1.82) is 0 Å². The van der Waals surface area contributed by atoms with Gasteiger partial charge < -0.3 is 14.3 Å². The molecule has 1 aliphatic rings. The smallest absolute Gasteiger partial charge is 0.208 e. The zero-order valence-electron chi connectivity index (χ0n) is 8.63. The highest BCUT2D eigenvalue weighted by molar-refractivity contribution is 5.59. The first-order valence-corrected chi connectivity index (χ1v) is 4.88. The van der Waals surface area contributed by atoms with Gasteiger partial charge in [0.05, 0.1) is 5.69 Å². The lowest BCUT2D eigenvalue weighted by atomic mass is 10.2. The molecule has 2 aromatic heterocycles. The molecule has 0 saturated heterocycles. The lowest BCUT2D eigenvalue weighted by molar-refractivity contribution is 0.402. The third kappa shape index (κ3) is 1.20. The quantitative estimate of drug-likeness (QED) is 0.765. The van der Waals surface area contributed by atoms with E-state index in [-0.39, 0.29) is 0 Å². The van der Waals surface area contributed by atoms with Crippen molar-refractivity contribution in [1.82, 2.24) is 15.5 Å². The van der Waals surface area contributed by atoms with Crippen molar-refractivity contribution in [2.75, 3.05) is 0 Å². The Morgan fingerprint density at radius 3 is 2.80 bits per heavy atom. The maximum atomic E-state index is 5.51. The minimum Gasteiger partial charge on any atom is -0.437 e. The van der Waals surface area contributed by atoms with Crippen LogP contribution < -0.4 is 5.32 Å². The first-order valence-electron chi connectivity index (χ1n) is 4.88. The summed E-state index contributed by atoms with van der Waals surface area (Å²) < 4.78 is 10.8. The molecule has 0 saturated carbocycles. The van der Waals surface area contributed by atoms with E-state index in [9.17, 15) is 0 Å². The van der Waals surface area contributed by atoms with Crippen molar-refractivity contribution < 1.29 is 8.94 Å². The van der Waals surface area contributed by atoms with E-state index in [0.29, 0.717) is 17.4 Å². The normalized spacial score (nSPS) is 14.5. The molecule has 1 aliphatic heterocycles. The van der Waals surface area contributed by atoms with E-state index in [0.717, 1.165) is 30.0 Å². The Kier molecular flexibility index (Phi) is 1.70. The van der Waals surface area contributed by atoms with Crippen LogP contribution in [-0.2, 0) is 13.1 Å². The third-order valence-electron chi connectivity index (χ3n) is 2.57. The molecule has 0 radical (unpaired) electrons. The minimum atomic E-state index is 0.651. The number of aryl methyl sites for hydroxylation is 2. The molecule has 2 aromatic rings. The SMILES string of the molecule is Cc1nc(C)c(-c2onc3c2CNC3)o1. The van der Waals surface area contributed by atoms with Gasteiger partial charge in [-0.2, -0.15) is 0 Å². The van der Waals surface area contributed by atoms with Crippen molar-refractivity contribution >= 4 is 0 Å². The molecule has 0 fully saturated rings. The van der Waals surface area contributed by atoms with Gasteiger partial charge in [0, 0.05) is 25.6 Å². The van der Waals surface area contributed by atoms with E-state index in [4.69, 9.17) is 8.94 Å². The Labute approximate surface area is 86.5 Å².